The molecule has 1 saturated heterocycles. The minimum Gasteiger partial charge on any atom is -0.394 e. The average Bonchev–Trinajstić information content (AvgIpc) is 3.39. The summed E-state index contributed by atoms with van der Waals surface area (Å²) in [6, 6.07) is 0. The van der Waals surface area contributed by atoms with Gasteiger partial charge >= 0.3 is 0 Å². The fourth-order valence-electron chi connectivity index (χ4n) is 3.14. The number of aromatic amines is 1. The Morgan fingerprint density at radius 1 is 1.36 bits per heavy atom. The number of nitrogens with one attached hydrogen (secondary N) is 2. The van der Waals surface area contributed by atoms with Crippen molar-refractivity contribution in [2.45, 2.75) is 31.1 Å². The van der Waals surface area contributed by atoms with Gasteiger partial charge in [0.05, 0.1) is 12.9 Å². The smallest absolute Gasteiger partial charge is 0.207 e. The third-order valence-electron chi connectivity index (χ3n) is 4.55. The van der Waals surface area contributed by atoms with Crippen LogP contribution in [0.4, 0.5) is 5.82 Å². The molecule has 1 amide bonds. The number of aromatic nitrogens is 6. The highest BCUT2D eigenvalue weighted by atomic mass is 16.6. The molecule has 4 rings (SSSR count). The van der Waals surface area contributed by atoms with Crippen molar-refractivity contribution in [3.63, 3.8) is 0 Å². The van der Waals surface area contributed by atoms with Gasteiger partial charge in [0.25, 0.3) is 0 Å². The Morgan fingerprint density at radius 2 is 2.18 bits per heavy atom. The van der Waals surface area contributed by atoms with Crippen molar-refractivity contribution < 1.29 is 24.9 Å². The summed E-state index contributed by atoms with van der Waals surface area (Å²) in [7, 11) is 0. The second-order valence-electron chi connectivity index (χ2n) is 6.24. The molecule has 28 heavy (non-hydrogen) atoms. The summed E-state index contributed by atoms with van der Waals surface area (Å²) in [5.74, 6) is 0.269. The van der Waals surface area contributed by atoms with E-state index in [1.807, 2.05) is 0 Å². The van der Waals surface area contributed by atoms with Crippen molar-refractivity contribution >= 4 is 23.4 Å². The van der Waals surface area contributed by atoms with Gasteiger partial charge in [0, 0.05) is 18.3 Å². The largest absolute Gasteiger partial charge is 0.394 e. The van der Waals surface area contributed by atoms with Crippen LogP contribution >= 0.6 is 0 Å². The number of carbonyl (C=O) groups excluding carboxylic acids is 1. The monoisotopic (exact) mass is 390 g/mol. The Labute approximate surface area is 157 Å². The van der Waals surface area contributed by atoms with Gasteiger partial charge in [0.1, 0.15) is 29.5 Å². The van der Waals surface area contributed by atoms with E-state index < -0.39 is 31.1 Å². The molecule has 0 saturated carbocycles. The number of imidazole rings is 1. The summed E-state index contributed by atoms with van der Waals surface area (Å²) < 4.78 is 6.95. The predicted molar refractivity (Wildman–Crippen MR) is 93.2 cm³/mol. The van der Waals surface area contributed by atoms with E-state index in [9.17, 15) is 20.1 Å². The number of H-pyrrole nitrogens is 1. The summed E-state index contributed by atoms with van der Waals surface area (Å²) in [6.07, 6.45) is -1.01. The van der Waals surface area contributed by atoms with Crippen LogP contribution in [-0.4, -0.2) is 76.4 Å². The van der Waals surface area contributed by atoms with E-state index >= 15 is 0 Å². The van der Waals surface area contributed by atoms with Crippen LogP contribution in [0.15, 0.2) is 12.5 Å². The molecular formula is C15H18N8O5. The summed E-state index contributed by atoms with van der Waals surface area (Å²) in [5.41, 5.74) is 7.58. The molecule has 4 atom stereocenters. The van der Waals surface area contributed by atoms with E-state index in [-0.39, 0.29) is 29.4 Å². The summed E-state index contributed by atoms with van der Waals surface area (Å²) in [5, 5.41) is 38.9. The van der Waals surface area contributed by atoms with Crippen LogP contribution in [0, 0.1) is 0 Å². The quantitative estimate of drug-likeness (QED) is 0.248. The summed E-state index contributed by atoms with van der Waals surface area (Å²) >= 11 is 0. The lowest BCUT2D eigenvalue weighted by Gasteiger charge is -2.16. The molecule has 0 spiro atoms. The van der Waals surface area contributed by atoms with Gasteiger partial charge in [-0.05, 0) is 0 Å². The first-order valence-corrected chi connectivity index (χ1v) is 8.37. The first-order valence-electron chi connectivity index (χ1n) is 8.37. The molecule has 3 aromatic rings. The average molecular weight is 390 g/mol. The highest BCUT2D eigenvalue weighted by Gasteiger charge is 2.44. The van der Waals surface area contributed by atoms with Gasteiger partial charge < -0.3 is 31.1 Å². The van der Waals surface area contributed by atoms with Gasteiger partial charge in [-0.1, -0.05) is 0 Å². The third kappa shape index (κ3) is 2.86. The lowest BCUT2D eigenvalue weighted by molar-refractivity contribution is -0.109. The Kier molecular flexibility index (Phi) is 4.64. The van der Waals surface area contributed by atoms with E-state index in [1.165, 1.54) is 10.9 Å². The Morgan fingerprint density at radius 3 is 2.89 bits per heavy atom. The standard InChI is InChI=1S/C15H18N8O5/c16-12-9-14(21-13(20-12)8-6(1-17-5-25)2-19-22-8)23(4-18-9)15-11(27)10(26)7(3-24)28-15/h2,4-5,7,10-11,15,24,26-27H,1,3H2,(H,17,25)(H,19,22)(H2,16,20,21)/t7-,10-,11-,15-/m1/s1. The predicted octanol–water partition coefficient (Wildman–Crippen LogP) is -2.34. The number of aliphatic hydroxyl groups is 3. The lowest BCUT2D eigenvalue weighted by atomic mass is 10.1. The number of ether oxygens (including phenoxy) is 1. The summed E-state index contributed by atoms with van der Waals surface area (Å²) in [6.45, 7) is -0.241. The molecule has 13 heteroatoms. The third-order valence-corrected chi connectivity index (χ3v) is 4.55. The Balaban J connectivity index is 1.78. The number of amides is 1. The molecule has 7 N–H and O–H groups in total. The van der Waals surface area contributed by atoms with Gasteiger partial charge in [-0.2, -0.15) is 5.10 Å². The molecule has 0 bridgehead atoms. The number of nitrogens with zero attached hydrogens (tertiary/aromatic N) is 5. The number of anilines is 1. The van der Waals surface area contributed by atoms with E-state index in [4.69, 9.17) is 10.5 Å². The number of aliphatic hydroxyl groups excluding tert-OH is 3. The van der Waals surface area contributed by atoms with E-state index in [0.29, 0.717) is 17.7 Å². The molecule has 1 aliphatic heterocycles. The maximum absolute atomic E-state index is 10.6. The molecule has 13 nitrogen and oxygen atoms in total. The second kappa shape index (κ2) is 7.12. The Bertz CT molecular complexity index is 1000. The van der Waals surface area contributed by atoms with Crippen molar-refractivity contribution in [2.75, 3.05) is 12.3 Å². The Hall–Kier alpha value is -3.13. The van der Waals surface area contributed by atoms with E-state index in [0.717, 1.165) is 0 Å². The molecule has 0 aromatic carbocycles. The van der Waals surface area contributed by atoms with Crippen molar-refractivity contribution in [2.24, 2.45) is 0 Å². The van der Waals surface area contributed by atoms with Gasteiger partial charge in [-0.25, -0.2) is 15.0 Å². The fraction of sp³-hybridized carbons (Fsp3) is 0.400. The van der Waals surface area contributed by atoms with Crippen LogP contribution in [0.5, 0.6) is 0 Å². The molecule has 3 aromatic heterocycles. The van der Waals surface area contributed by atoms with Crippen LogP contribution in [0.1, 0.15) is 11.8 Å². The number of nitrogen functional groups attached to an aromatic ring is 1. The normalized spacial score (nSPS) is 24.7. The van der Waals surface area contributed by atoms with Crippen molar-refractivity contribution in [1.29, 1.82) is 0 Å². The van der Waals surface area contributed by atoms with E-state index in [1.54, 1.807) is 6.20 Å². The maximum atomic E-state index is 10.6. The number of hydrogen-bond acceptors (Lipinski definition) is 10. The van der Waals surface area contributed by atoms with E-state index in [2.05, 4.69) is 30.5 Å². The number of nitrogens with two attached hydrogens (primary N) is 1. The minimum atomic E-state index is -1.30. The van der Waals surface area contributed by atoms with Gasteiger partial charge in [0.15, 0.2) is 23.5 Å². The van der Waals surface area contributed by atoms with Crippen LogP contribution in [-0.2, 0) is 16.1 Å². The number of rotatable bonds is 6. The first kappa shape index (κ1) is 18.2. The molecule has 0 radical (unpaired) electrons. The molecule has 4 heterocycles. The SMILES string of the molecule is Nc1nc(-c2n[nH]cc2CNC=O)nc2c1ncn2[C@@H]1O[C@H](CO)[C@@H](O)[C@H]1O. The molecule has 0 unspecified atom stereocenters. The van der Waals surface area contributed by atoms with Crippen molar-refractivity contribution in [1.82, 2.24) is 35.0 Å². The van der Waals surface area contributed by atoms with Crippen molar-refractivity contribution in [3.8, 4) is 11.5 Å². The van der Waals surface area contributed by atoms with Crippen LogP contribution < -0.4 is 11.1 Å². The highest BCUT2D eigenvalue weighted by Crippen LogP contribution is 2.32. The number of carbonyl (C=O) groups is 1. The molecule has 1 fully saturated rings. The van der Waals surface area contributed by atoms with Crippen LogP contribution in [0.3, 0.4) is 0 Å². The van der Waals surface area contributed by atoms with Crippen LogP contribution in [0.25, 0.3) is 22.7 Å². The van der Waals surface area contributed by atoms with Gasteiger partial charge in [-0.15, -0.1) is 0 Å². The maximum Gasteiger partial charge on any atom is 0.207 e. The molecule has 1 aliphatic rings. The fourth-order valence-corrected chi connectivity index (χ4v) is 3.14. The zero-order valence-electron chi connectivity index (χ0n) is 14.4. The first-order chi connectivity index (χ1) is 13.5. The zero-order valence-corrected chi connectivity index (χ0v) is 14.4. The van der Waals surface area contributed by atoms with Crippen molar-refractivity contribution in [3.05, 3.63) is 18.1 Å². The second-order valence-corrected chi connectivity index (χ2v) is 6.24. The number of hydrogen-bond donors (Lipinski definition) is 6. The van der Waals surface area contributed by atoms with Gasteiger partial charge in [-0.3, -0.25) is 14.5 Å². The molecular weight excluding hydrogens is 372 g/mol. The minimum absolute atomic E-state index is 0.0859. The van der Waals surface area contributed by atoms with Gasteiger partial charge in [0.2, 0.25) is 6.41 Å². The highest BCUT2D eigenvalue weighted by molar-refractivity contribution is 5.83. The zero-order chi connectivity index (χ0) is 19.8. The topological polar surface area (TPSA) is 197 Å². The molecule has 0 aliphatic carbocycles. The van der Waals surface area contributed by atoms with Crippen LogP contribution in [0.2, 0.25) is 0 Å². The molecule has 148 valence electrons. The summed E-state index contributed by atoms with van der Waals surface area (Å²) in [4.78, 5) is 23.4. The number of fused-ring (bicyclic) bond motifs is 1. The lowest BCUT2D eigenvalue weighted by Crippen LogP contribution is -2.33.